The van der Waals surface area contributed by atoms with E-state index in [0.717, 1.165) is 29.5 Å². The summed E-state index contributed by atoms with van der Waals surface area (Å²) in [6.07, 6.45) is 6.40. The predicted molar refractivity (Wildman–Crippen MR) is 106 cm³/mol. The van der Waals surface area contributed by atoms with Crippen molar-refractivity contribution in [2.45, 2.75) is 19.3 Å². The molecule has 1 aliphatic rings. The van der Waals surface area contributed by atoms with Crippen LogP contribution in [0.25, 0.3) is 17.3 Å². The van der Waals surface area contributed by atoms with Gasteiger partial charge < -0.3 is 10.1 Å². The fraction of sp³-hybridized carbons (Fsp3) is 0.143. The van der Waals surface area contributed by atoms with Crippen LogP contribution >= 0.6 is 12.2 Å². The maximum absolute atomic E-state index is 12.7. The van der Waals surface area contributed by atoms with Gasteiger partial charge in [0.1, 0.15) is 5.75 Å². The van der Waals surface area contributed by atoms with Crippen molar-refractivity contribution in [1.82, 2.24) is 9.97 Å². The van der Waals surface area contributed by atoms with E-state index >= 15 is 0 Å². The van der Waals surface area contributed by atoms with Gasteiger partial charge in [0.15, 0.2) is 4.77 Å². The van der Waals surface area contributed by atoms with Crippen LogP contribution in [0.15, 0.2) is 53.3 Å². The molecule has 130 valence electrons. The van der Waals surface area contributed by atoms with Crippen LogP contribution in [0.1, 0.15) is 28.7 Å². The second-order valence-corrected chi connectivity index (χ2v) is 6.79. The van der Waals surface area contributed by atoms with E-state index in [9.17, 15) is 9.90 Å². The average Bonchev–Trinajstić information content (AvgIpc) is 2.66. The summed E-state index contributed by atoms with van der Waals surface area (Å²) in [6, 6.07) is 13.3. The van der Waals surface area contributed by atoms with Gasteiger partial charge in [0.25, 0.3) is 5.56 Å². The number of aromatic amines is 2. The van der Waals surface area contributed by atoms with Crippen LogP contribution in [0.3, 0.4) is 0 Å². The van der Waals surface area contributed by atoms with Crippen LogP contribution in [-0.4, -0.2) is 15.1 Å². The molecule has 0 fully saturated rings. The Morgan fingerprint density at radius 1 is 1.04 bits per heavy atom. The van der Waals surface area contributed by atoms with Crippen LogP contribution in [0, 0.1) is 4.77 Å². The third kappa shape index (κ3) is 3.02. The first kappa shape index (κ1) is 16.5. The lowest BCUT2D eigenvalue weighted by molar-refractivity contribution is 0.469. The molecule has 1 aromatic heterocycles. The van der Waals surface area contributed by atoms with E-state index in [2.05, 4.69) is 16.0 Å². The normalized spacial score (nSPS) is 12.8. The first-order valence-electron chi connectivity index (χ1n) is 8.54. The number of benzene rings is 2. The van der Waals surface area contributed by atoms with Gasteiger partial charge in [-0.2, -0.15) is 0 Å². The molecule has 1 heterocycles. The van der Waals surface area contributed by atoms with Crippen molar-refractivity contribution < 1.29 is 5.11 Å². The molecule has 0 saturated heterocycles. The van der Waals surface area contributed by atoms with E-state index in [-0.39, 0.29) is 16.1 Å². The molecular weight excluding hydrogens is 344 g/mol. The summed E-state index contributed by atoms with van der Waals surface area (Å²) in [6.45, 7) is 0. The Kier molecular flexibility index (Phi) is 4.31. The molecule has 3 N–H and O–H groups in total. The molecule has 0 radical (unpaired) electrons. The molecule has 4 rings (SSSR count). The monoisotopic (exact) mass is 362 g/mol. The largest absolute Gasteiger partial charge is 0.508 e. The molecule has 0 saturated carbocycles. The highest BCUT2D eigenvalue weighted by molar-refractivity contribution is 7.71. The van der Waals surface area contributed by atoms with Crippen molar-refractivity contribution in [3.05, 3.63) is 85.9 Å². The van der Waals surface area contributed by atoms with Crippen molar-refractivity contribution in [1.29, 1.82) is 0 Å². The number of aromatic hydroxyl groups is 1. The summed E-state index contributed by atoms with van der Waals surface area (Å²) >= 11 is 5.16. The number of hydrogen-bond donors (Lipinski definition) is 3. The number of rotatable bonds is 3. The molecule has 0 aliphatic heterocycles. The van der Waals surface area contributed by atoms with Crippen molar-refractivity contribution in [2.24, 2.45) is 0 Å². The van der Waals surface area contributed by atoms with E-state index in [1.165, 1.54) is 5.56 Å². The molecule has 1 aliphatic carbocycles. The van der Waals surface area contributed by atoms with Crippen LogP contribution < -0.4 is 5.56 Å². The van der Waals surface area contributed by atoms with Crippen molar-refractivity contribution in [3.8, 4) is 17.0 Å². The van der Waals surface area contributed by atoms with Gasteiger partial charge in [0.2, 0.25) is 0 Å². The van der Waals surface area contributed by atoms with Crippen molar-refractivity contribution >= 4 is 18.3 Å². The predicted octanol–water partition coefficient (Wildman–Crippen LogP) is 4.36. The standard InChI is InChI=1S/C21H18N2O2S/c24-18-11-10-13-6-4-5-9-15(13)16(18)12-17-19(14-7-2-1-3-8-14)22-21(26)23-20(17)25/h1-3,5,7-11,24H,4,6,12H2,(H2,22,23,25,26). The van der Waals surface area contributed by atoms with Crippen LogP contribution in [0.5, 0.6) is 5.75 Å². The number of phenols is 1. The molecule has 0 atom stereocenters. The van der Waals surface area contributed by atoms with E-state index < -0.39 is 0 Å². The Morgan fingerprint density at radius 3 is 2.65 bits per heavy atom. The number of fused-ring (bicyclic) bond motifs is 1. The molecule has 0 spiro atoms. The lowest BCUT2D eigenvalue weighted by atomic mass is 9.89. The summed E-state index contributed by atoms with van der Waals surface area (Å²) in [5.41, 5.74) is 4.89. The van der Waals surface area contributed by atoms with Crippen molar-refractivity contribution in [2.75, 3.05) is 0 Å². The molecule has 26 heavy (non-hydrogen) atoms. The zero-order chi connectivity index (χ0) is 18.1. The number of allylic oxidation sites excluding steroid dienone is 1. The topological polar surface area (TPSA) is 68.9 Å². The Morgan fingerprint density at radius 2 is 1.85 bits per heavy atom. The summed E-state index contributed by atoms with van der Waals surface area (Å²) in [7, 11) is 0. The maximum Gasteiger partial charge on any atom is 0.255 e. The van der Waals surface area contributed by atoms with E-state index in [0.29, 0.717) is 17.7 Å². The highest BCUT2D eigenvalue weighted by atomic mass is 32.1. The van der Waals surface area contributed by atoms with Gasteiger partial charge in [-0.15, -0.1) is 0 Å². The van der Waals surface area contributed by atoms with E-state index in [1.807, 2.05) is 42.5 Å². The number of H-pyrrole nitrogens is 2. The second-order valence-electron chi connectivity index (χ2n) is 6.38. The number of hydrogen-bond acceptors (Lipinski definition) is 3. The molecule has 5 heteroatoms. The molecular formula is C21H18N2O2S. The average molecular weight is 362 g/mol. The highest BCUT2D eigenvalue weighted by Crippen LogP contribution is 2.32. The number of phenolic OH excluding ortho intramolecular Hbond substituents is 1. The summed E-state index contributed by atoms with van der Waals surface area (Å²) < 4.78 is 0.289. The third-order valence-corrected chi connectivity index (χ3v) is 4.95. The Balaban J connectivity index is 1.90. The highest BCUT2D eigenvalue weighted by Gasteiger charge is 2.18. The van der Waals surface area contributed by atoms with Gasteiger partial charge in [-0.25, -0.2) is 0 Å². The first-order chi connectivity index (χ1) is 12.6. The molecule has 0 bridgehead atoms. The van der Waals surface area contributed by atoms with E-state index in [1.54, 1.807) is 6.07 Å². The Labute approximate surface area is 155 Å². The lowest BCUT2D eigenvalue weighted by Gasteiger charge is -2.17. The molecule has 3 aromatic rings. The minimum absolute atomic E-state index is 0.205. The summed E-state index contributed by atoms with van der Waals surface area (Å²) in [4.78, 5) is 18.5. The van der Waals surface area contributed by atoms with Gasteiger partial charge in [0, 0.05) is 17.5 Å². The Bertz CT molecular complexity index is 1110. The minimum atomic E-state index is -0.232. The summed E-state index contributed by atoms with van der Waals surface area (Å²) in [5, 5.41) is 10.5. The van der Waals surface area contributed by atoms with Crippen LogP contribution in [0.2, 0.25) is 0 Å². The van der Waals surface area contributed by atoms with Crippen LogP contribution in [0.4, 0.5) is 0 Å². The number of nitrogens with one attached hydrogen (secondary N) is 2. The van der Waals surface area contributed by atoms with Crippen LogP contribution in [-0.2, 0) is 12.8 Å². The second kappa shape index (κ2) is 6.77. The van der Waals surface area contributed by atoms with E-state index in [4.69, 9.17) is 12.2 Å². The fourth-order valence-electron chi connectivity index (χ4n) is 3.46. The fourth-order valence-corrected chi connectivity index (χ4v) is 3.66. The number of aromatic nitrogens is 2. The zero-order valence-electron chi connectivity index (χ0n) is 14.1. The third-order valence-electron chi connectivity index (χ3n) is 4.74. The SMILES string of the molecule is O=c1[nH]c(=S)[nH]c(-c2ccccc2)c1Cc1c(O)ccc2c1C=CCC2. The number of aryl methyl sites for hydroxylation is 1. The lowest BCUT2D eigenvalue weighted by Crippen LogP contribution is -2.17. The smallest absolute Gasteiger partial charge is 0.255 e. The minimum Gasteiger partial charge on any atom is -0.508 e. The molecule has 0 unspecified atom stereocenters. The Hall–Kier alpha value is -2.92. The van der Waals surface area contributed by atoms with Crippen molar-refractivity contribution in [3.63, 3.8) is 0 Å². The quantitative estimate of drug-likeness (QED) is 0.607. The first-order valence-corrected chi connectivity index (χ1v) is 8.95. The zero-order valence-corrected chi connectivity index (χ0v) is 14.9. The van der Waals surface area contributed by atoms with Gasteiger partial charge in [0.05, 0.1) is 5.69 Å². The van der Waals surface area contributed by atoms with Gasteiger partial charge >= 0.3 is 0 Å². The molecule has 0 amide bonds. The summed E-state index contributed by atoms with van der Waals surface area (Å²) in [5.74, 6) is 0.205. The molecule has 4 nitrogen and oxygen atoms in total. The van der Waals surface area contributed by atoms with Gasteiger partial charge in [-0.1, -0.05) is 48.6 Å². The van der Waals surface area contributed by atoms with Gasteiger partial charge in [-0.05, 0) is 47.8 Å². The molecule has 2 aromatic carbocycles. The maximum atomic E-state index is 12.7. The van der Waals surface area contributed by atoms with Gasteiger partial charge in [-0.3, -0.25) is 9.78 Å².